The largest absolute Gasteiger partial charge is 0.381 e. The minimum atomic E-state index is 0.252. The number of hydrogen-bond acceptors (Lipinski definition) is 5. The summed E-state index contributed by atoms with van der Waals surface area (Å²) in [5.41, 5.74) is 1.15. The minimum absolute atomic E-state index is 0.252. The lowest BCUT2D eigenvalue weighted by atomic mass is 9.93. The molecule has 2 saturated heterocycles. The molecule has 1 aromatic rings. The van der Waals surface area contributed by atoms with Crippen molar-refractivity contribution in [2.24, 2.45) is 5.92 Å². The molecule has 2 fully saturated rings. The Morgan fingerprint density at radius 2 is 2.20 bits per heavy atom. The summed E-state index contributed by atoms with van der Waals surface area (Å²) in [6.45, 7) is 5.86. The second-order valence-electron chi connectivity index (χ2n) is 5.80. The van der Waals surface area contributed by atoms with Crippen molar-refractivity contribution in [3.8, 4) is 0 Å². The zero-order valence-corrected chi connectivity index (χ0v) is 13.0. The number of nitrogens with zero attached hydrogens (tertiary/aromatic N) is 1. The van der Waals surface area contributed by atoms with Crippen LogP contribution in [0.1, 0.15) is 49.4 Å². The van der Waals surface area contributed by atoms with E-state index in [1.807, 2.05) is 0 Å². The third-order valence-electron chi connectivity index (χ3n) is 4.35. The molecule has 2 atom stereocenters. The fourth-order valence-electron chi connectivity index (χ4n) is 2.97. The molecule has 2 aliphatic rings. The average molecular weight is 296 g/mol. The number of rotatable bonds is 5. The van der Waals surface area contributed by atoms with Crippen LogP contribution in [0.5, 0.6) is 0 Å². The van der Waals surface area contributed by atoms with Crippen LogP contribution in [-0.2, 0) is 16.0 Å². The summed E-state index contributed by atoms with van der Waals surface area (Å²) >= 11 is 1.74. The van der Waals surface area contributed by atoms with Gasteiger partial charge in [0.15, 0.2) is 0 Å². The van der Waals surface area contributed by atoms with Crippen molar-refractivity contribution >= 4 is 11.3 Å². The standard InChI is InChI=1S/C15H24N2O2S/c1-11(12-4-7-18-8-5-12)16-9-13-10-20-15(17-13)14-3-2-6-19-14/h10-12,14,16H,2-9H2,1H3/t11-,14+/m0/s1. The SMILES string of the molecule is C[C@H](NCc1csc([C@H]2CCCO2)n1)C1CCOCC1. The fraction of sp³-hybridized carbons (Fsp3) is 0.800. The molecule has 0 aromatic carbocycles. The van der Waals surface area contributed by atoms with Crippen LogP contribution in [0.2, 0.25) is 0 Å². The molecule has 0 spiro atoms. The van der Waals surface area contributed by atoms with Gasteiger partial charge in [-0.05, 0) is 38.5 Å². The van der Waals surface area contributed by atoms with Gasteiger partial charge in [0.1, 0.15) is 11.1 Å². The fourth-order valence-corrected chi connectivity index (χ4v) is 3.87. The first-order valence-corrected chi connectivity index (χ1v) is 8.58. The maximum atomic E-state index is 5.69. The molecule has 112 valence electrons. The van der Waals surface area contributed by atoms with Gasteiger partial charge in [-0.3, -0.25) is 0 Å². The van der Waals surface area contributed by atoms with Gasteiger partial charge in [0.2, 0.25) is 0 Å². The van der Waals surface area contributed by atoms with Crippen LogP contribution in [0, 0.1) is 5.92 Å². The average Bonchev–Trinajstić information content (AvgIpc) is 3.16. The van der Waals surface area contributed by atoms with E-state index >= 15 is 0 Å². The monoisotopic (exact) mass is 296 g/mol. The van der Waals surface area contributed by atoms with E-state index in [-0.39, 0.29) is 6.10 Å². The van der Waals surface area contributed by atoms with Crippen molar-refractivity contribution in [3.63, 3.8) is 0 Å². The van der Waals surface area contributed by atoms with Crippen LogP contribution in [0.3, 0.4) is 0 Å². The van der Waals surface area contributed by atoms with Gasteiger partial charge in [0.25, 0.3) is 0 Å². The summed E-state index contributed by atoms with van der Waals surface area (Å²) in [5.74, 6) is 0.736. The molecule has 4 nitrogen and oxygen atoms in total. The molecule has 3 rings (SSSR count). The molecule has 0 saturated carbocycles. The normalized spacial score (nSPS) is 25.9. The number of thiazole rings is 1. The molecule has 0 radical (unpaired) electrons. The molecule has 2 aliphatic heterocycles. The first-order chi connectivity index (χ1) is 9.83. The smallest absolute Gasteiger partial charge is 0.122 e. The van der Waals surface area contributed by atoms with Gasteiger partial charge in [-0.1, -0.05) is 0 Å². The number of ether oxygens (including phenoxy) is 2. The lowest BCUT2D eigenvalue weighted by Gasteiger charge is -2.28. The van der Waals surface area contributed by atoms with Gasteiger partial charge in [0, 0.05) is 37.8 Å². The highest BCUT2D eigenvalue weighted by atomic mass is 32.1. The zero-order valence-electron chi connectivity index (χ0n) is 12.1. The van der Waals surface area contributed by atoms with Gasteiger partial charge in [-0.25, -0.2) is 4.98 Å². The summed E-state index contributed by atoms with van der Waals surface area (Å²) < 4.78 is 11.1. The second kappa shape index (κ2) is 6.98. The van der Waals surface area contributed by atoms with Crippen LogP contribution in [0.15, 0.2) is 5.38 Å². The van der Waals surface area contributed by atoms with Crippen LogP contribution in [-0.4, -0.2) is 30.8 Å². The zero-order chi connectivity index (χ0) is 13.8. The van der Waals surface area contributed by atoms with E-state index in [2.05, 4.69) is 17.6 Å². The maximum absolute atomic E-state index is 5.69. The lowest BCUT2D eigenvalue weighted by Crippen LogP contribution is -2.36. The summed E-state index contributed by atoms with van der Waals surface area (Å²) in [5, 5.41) is 6.94. The predicted molar refractivity (Wildman–Crippen MR) is 79.9 cm³/mol. The molecule has 1 N–H and O–H groups in total. The van der Waals surface area contributed by atoms with Crippen molar-refractivity contribution in [2.45, 2.75) is 51.3 Å². The molecular formula is C15H24N2O2S. The minimum Gasteiger partial charge on any atom is -0.381 e. The van der Waals surface area contributed by atoms with E-state index in [4.69, 9.17) is 14.5 Å². The predicted octanol–water partition coefficient (Wildman–Crippen LogP) is 2.90. The Hall–Kier alpha value is -0.490. The van der Waals surface area contributed by atoms with Crippen LogP contribution < -0.4 is 5.32 Å². The summed E-state index contributed by atoms with van der Waals surface area (Å²) in [6.07, 6.45) is 4.89. The van der Waals surface area contributed by atoms with Crippen LogP contribution in [0.4, 0.5) is 0 Å². The van der Waals surface area contributed by atoms with Crippen molar-refractivity contribution in [2.75, 3.05) is 19.8 Å². The van der Waals surface area contributed by atoms with Gasteiger partial charge in [-0.2, -0.15) is 0 Å². The molecule has 1 aromatic heterocycles. The van der Waals surface area contributed by atoms with E-state index < -0.39 is 0 Å². The Morgan fingerprint density at radius 3 is 2.95 bits per heavy atom. The quantitative estimate of drug-likeness (QED) is 0.907. The topological polar surface area (TPSA) is 43.4 Å². The van der Waals surface area contributed by atoms with E-state index in [1.165, 1.54) is 19.3 Å². The molecule has 0 bridgehead atoms. The highest BCUT2D eigenvalue weighted by Gasteiger charge is 2.22. The number of nitrogens with one attached hydrogen (secondary N) is 1. The first-order valence-electron chi connectivity index (χ1n) is 7.70. The lowest BCUT2D eigenvalue weighted by molar-refractivity contribution is 0.0557. The maximum Gasteiger partial charge on any atom is 0.122 e. The molecule has 0 aliphatic carbocycles. The van der Waals surface area contributed by atoms with Gasteiger partial charge >= 0.3 is 0 Å². The van der Waals surface area contributed by atoms with Crippen molar-refractivity contribution in [1.82, 2.24) is 10.3 Å². The van der Waals surface area contributed by atoms with Crippen molar-refractivity contribution in [1.29, 1.82) is 0 Å². The number of hydrogen-bond donors (Lipinski definition) is 1. The van der Waals surface area contributed by atoms with Gasteiger partial charge in [0.05, 0.1) is 5.69 Å². The van der Waals surface area contributed by atoms with E-state index in [9.17, 15) is 0 Å². The van der Waals surface area contributed by atoms with Gasteiger partial charge in [-0.15, -0.1) is 11.3 Å². The molecule has 0 unspecified atom stereocenters. The summed E-state index contributed by atoms with van der Waals surface area (Å²) in [6, 6.07) is 0.534. The van der Waals surface area contributed by atoms with Crippen molar-refractivity contribution in [3.05, 3.63) is 16.1 Å². The molecular weight excluding hydrogens is 272 g/mol. The molecule has 20 heavy (non-hydrogen) atoms. The third kappa shape index (κ3) is 3.58. The first kappa shape index (κ1) is 14.4. The Balaban J connectivity index is 1.47. The highest BCUT2D eigenvalue weighted by molar-refractivity contribution is 7.09. The Morgan fingerprint density at radius 1 is 1.35 bits per heavy atom. The third-order valence-corrected chi connectivity index (χ3v) is 5.34. The molecule has 5 heteroatoms. The Kier molecular flexibility index (Phi) is 5.04. The number of aromatic nitrogens is 1. The van der Waals surface area contributed by atoms with Crippen LogP contribution >= 0.6 is 11.3 Å². The summed E-state index contributed by atoms with van der Waals surface area (Å²) in [4.78, 5) is 4.72. The Bertz CT molecular complexity index is 412. The van der Waals surface area contributed by atoms with Crippen LogP contribution in [0.25, 0.3) is 0 Å². The molecule has 3 heterocycles. The van der Waals surface area contributed by atoms with Crippen molar-refractivity contribution < 1.29 is 9.47 Å². The van der Waals surface area contributed by atoms with E-state index in [0.29, 0.717) is 6.04 Å². The van der Waals surface area contributed by atoms with E-state index in [1.54, 1.807) is 11.3 Å². The Labute approximate surface area is 124 Å². The summed E-state index contributed by atoms with van der Waals surface area (Å²) in [7, 11) is 0. The van der Waals surface area contributed by atoms with Gasteiger partial charge < -0.3 is 14.8 Å². The molecule has 0 amide bonds. The second-order valence-corrected chi connectivity index (χ2v) is 6.69. The highest BCUT2D eigenvalue weighted by Crippen LogP contribution is 2.30. The van der Waals surface area contributed by atoms with E-state index in [0.717, 1.165) is 49.4 Å².